The van der Waals surface area contributed by atoms with Gasteiger partial charge in [0.2, 0.25) is 0 Å². The van der Waals surface area contributed by atoms with Crippen LogP contribution in [0.2, 0.25) is 0 Å². The molecular formula is C31H26Au2F4N2P2+2. The van der Waals surface area contributed by atoms with Gasteiger partial charge in [0, 0.05) is 47.1 Å². The van der Waals surface area contributed by atoms with E-state index in [-0.39, 0.29) is 44.8 Å². The van der Waals surface area contributed by atoms with Crippen molar-refractivity contribution in [3.05, 3.63) is 102 Å². The summed E-state index contributed by atoms with van der Waals surface area (Å²) in [6, 6.07) is 22.7. The molecule has 41 heavy (non-hydrogen) atoms. The van der Waals surface area contributed by atoms with Crippen molar-refractivity contribution in [2.24, 2.45) is 14.1 Å². The van der Waals surface area contributed by atoms with Crippen LogP contribution in [0.3, 0.4) is 0 Å². The quantitative estimate of drug-likeness (QED) is 0.0550. The molecule has 0 radical (unpaired) electrons. The van der Waals surface area contributed by atoms with Gasteiger partial charge in [0.05, 0.1) is 0 Å². The SMILES string of the molecule is F[PH+](F)C[PH+](F)F.[Au+].[Au+].[C-]#CC1=Cc2c(n(C)c3ccccc23)CC1.[C-]#Cc1ccc2c(c1)c1ccccc1n2C. The second kappa shape index (κ2) is 16.0. The third-order valence-corrected chi connectivity index (χ3v) is 8.84. The van der Waals surface area contributed by atoms with E-state index in [1.165, 1.54) is 44.0 Å². The van der Waals surface area contributed by atoms with Gasteiger partial charge in [0.25, 0.3) is 5.90 Å². The molecule has 0 amide bonds. The summed E-state index contributed by atoms with van der Waals surface area (Å²) in [4.78, 5) is 0. The predicted molar refractivity (Wildman–Crippen MR) is 159 cm³/mol. The van der Waals surface area contributed by atoms with Crippen LogP contribution in [0.25, 0.3) is 38.8 Å². The summed E-state index contributed by atoms with van der Waals surface area (Å²) in [5.74, 6) is 3.85. The number of fused-ring (bicyclic) bond motifs is 6. The number of rotatable bonds is 2. The van der Waals surface area contributed by atoms with E-state index in [0.717, 1.165) is 24.0 Å². The molecule has 0 saturated heterocycles. The minimum atomic E-state index is -3.64. The number of halogens is 4. The van der Waals surface area contributed by atoms with Crippen molar-refractivity contribution < 1.29 is 61.5 Å². The molecule has 0 N–H and O–H groups in total. The molecule has 0 bridgehead atoms. The van der Waals surface area contributed by atoms with Gasteiger partial charge in [-0.25, -0.2) is 0 Å². The maximum absolute atomic E-state index is 10.9. The molecule has 10 heteroatoms. The van der Waals surface area contributed by atoms with Crippen molar-refractivity contribution in [3.63, 3.8) is 0 Å². The third-order valence-electron chi connectivity index (χ3n) is 6.71. The fraction of sp³-hybridized carbons (Fsp3) is 0.161. The Morgan fingerprint density at radius 3 is 1.83 bits per heavy atom. The summed E-state index contributed by atoms with van der Waals surface area (Å²) in [6.07, 6.45) is 18.5. The maximum Gasteiger partial charge on any atom is 1.00 e. The zero-order valence-corrected chi connectivity index (χ0v) is 28.4. The van der Waals surface area contributed by atoms with Gasteiger partial charge in [-0.3, -0.25) is 11.8 Å². The topological polar surface area (TPSA) is 9.86 Å². The second-order valence-electron chi connectivity index (χ2n) is 9.02. The average molecular weight is 958 g/mol. The molecule has 1 aliphatic rings. The average Bonchev–Trinajstić information content (AvgIpc) is 3.39. The van der Waals surface area contributed by atoms with Crippen LogP contribution in [0.4, 0.5) is 16.8 Å². The van der Waals surface area contributed by atoms with Crippen molar-refractivity contribution in [2.45, 2.75) is 12.8 Å². The molecule has 3 aromatic carbocycles. The smallest absolute Gasteiger partial charge is 0.366 e. The van der Waals surface area contributed by atoms with E-state index in [9.17, 15) is 16.8 Å². The van der Waals surface area contributed by atoms with Crippen LogP contribution in [-0.4, -0.2) is 15.0 Å². The van der Waals surface area contributed by atoms with Crippen LogP contribution in [0.1, 0.15) is 23.2 Å². The molecule has 0 aliphatic heterocycles. The van der Waals surface area contributed by atoms with Gasteiger partial charge in [-0.2, -0.15) is 0 Å². The standard InChI is InChI=1S/C15H12N.C15H10N.CH2F4P2.2Au/c2*1-3-11-8-9-15-13(10-11)12-6-4-5-7-14(12)16(15)2;2-6(3)1-7(4)5;;/h4-7,10H,8-9H2,2H3;4-10H,2H3;1H2;;/q2*-1;;2*+1/p+2. The molecule has 1 aliphatic carbocycles. The van der Waals surface area contributed by atoms with Gasteiger partial charge in [-0.05, 0) is 46.3 Å². The van der Waals surface area contributed by atoms with Crippen LogP contribution in [-0.2, 0) is 65.3 Å². The first-order chi connectivity index (χ1) is 18.7. The number of nitrogens with zero attached hydrogens (tertiary/aromatic N) is 2. The van der Waals surface area contributed by atoms with Crippen LogP contribution in [0, 0.1) is 24.7 Å². The maximum atomic E-state index is 10.9. The van der Waals surface area contributed by atoms with Crippen LogP contribution in [0.15, 0.2) is 72.3 Å². The fourth-order valence-corrected chi connectivity index (χ4v) is 5.69. The zero-order chi connectivity index (χ0) is 28.1. The Bertz CT molecular complexity index is 1760. The first kappa shape index (κ1) is 35.1. The van der Waals surface area contributed by atoms with Crippen LogP contribution >= 0.6 is 17.1 Å². The van der Waals surface area contributed by atoms with Crippen molar-refractivity contribution in [2.75, 3.05) is 5.90 Å². The van der Waals surface area contributed by atoms with Crippen LogP contribution in [0.5, 0.6) is 0 Å². The molecule has 218 valence electrons. The Morgan fingerprint density at radius 1 is 0.707 bits per heavy atom. The summed E-state index contributed by atoms with van der Waals surface area (Å²) in [7, 11) is -3.09. The van der Waals surface area contributed by atoms with Crippen molar-refractivity contribution >= 4 is 55.9 Å². The first-order valence-corrected chi connectivity index (χ1v) is 15.1. The van der Waals surface area contributed by atoms with Crippen molar-refractivity contribution in [3.8, 4) is 11.8 Å². The van der Waals surface area contributed by atoms with Crippen molar-refractivity contribution in [1.29, 1.82) is 0 Å². The van der Waals surface area contributed by atoms with E-state index in [1.54, 1.807) is 0 Å². The number of benzene rings is 3. The summed E-state index contributed by atoms with van der Waals surface area (Å²) in [6.45, 7) is 0. The first-order valence-electron chi connectivity index (χ1n) is 12.2. The zero-order valence-electron chi connectivity index (χ0n) is 22.1. The molecule has 5 aromatic rings. The van der Waals surface area contributed by atoms with Gasteiger partial charge >= 0.3 is 61.8 Å². The summed E-state index contributed by atoms with van der Waals surface area (Å²) in [5.41, 5.74) is 8.17. The monoisotopic (exact) mass is 958 g/mol. The van der Waals surface area contributed by atoms with Gasteiger partial charge < -0.3 is 22.0 Å². The number of aromatic nitrogens is 2. The van der Waals surface area contributed by atoms with E-state index < -0.39 is 23.0 Å². The Hall–Kier alpha value is -2.08. The normalized spacial score (nSPS) is 11.7. The van der Waals surface area contributed by atoms with Gasteiger partial charge in [-0.1, -0.05) is 48.9 Å². The van der Waals surface area contributed by atoms with E-state index in [2.05, 4.69) is 77.5 Å². The molecule has 2 heterocycles. The minimum absolute atomic E-state index is 0. The fourth-order valence-electron chi connectivity index (χ4n) is 4.88. The number of hydrogen-bond acceptors (Lipinski definition) is 0. The molecule has 0 saturated carbocycles. The second-order valence-corrected chi connectivity index (χ2v) is 11.8. The van der Waals surface area contributed by atoms with E-state index in [0.29, 0.717) is 0 Å². The number of para-hydroxylation sites is 2. The van der Waals surface area contributed by atoms with E-state index in [1.807, 2.05) is 30.3 Å². The Labute approximate surface area is 271 Å². The Balaban J connectivity index is 0.000000226. The number of allylic oxidation sites excluding steroid dienone is 1. The molecule has 0 spiro atoms. The Kier molecular flexibility index (Phi) is 13.7. The molecule has 6 rings (SSSR count). The van der Waals surface area contributed by atoms with E-state index in [4.69, 9.17) is 12.8 Å². The van der Waals surface area contributed by atoms with Crippen molar-refractivity contribution in [1.82, 2.24) is 9.13 Å². The Morgan fingerprint density at radius 2 is 1.27 bits per heavy atom. The molecule has 0 unspecified atom stereocenters. The third kappa shape index (κ3) is 8.06. The largest absolute Gasteiger partial charge is 1.00 e. The van der Waals surface area contributed by atoms with Crippen LogP contribution < -0.4 is 0 Å². The van der Waals surface area contributed by atoms with Gasteiger partial charge in [0.15, 0.2) is 0 Å². The summed E-state index contributed by atoms with van der Waals surface area (Å²) >= 11 is 0. The number of aryl methyl sites for hydroxylation is 2. The molecule has 0 fully saturated rings. The van der Waals surface area contributed by atoms with Gasteiger partial charge in [-0.15, -0.1) is 29.3 Å². The predicted octanol–water partition coefficient (Wildman–Crippen LogP) is 9.27. The summed E-state index contributed by atoms with van der Waals surface area (Å²) in [5, 5.41) is 3.71. The molecular weight excluding hydrogens is 932 g/mol. The molecule has 2 nitrogen and oxygen atoms in total. The minimum Gasteiger partial charge on any atom is -0.366 e. The molecule has 0 atom stereocenters. The summed E-state index contributed by atoms with van der Waals surface area (Å²) < 4.78 is 48.2. The number of hydrogen-bond donors (Lipinski definition) is 0. The van der Waals surface area contributed by atoms with E-state index >= 15 is 0 Å². The molecule has 2 aromatic heterocycles. The van der Waals surface area contributed by atoms with Gasteiger partial charge in [0.1, 0.15) is 0 Å².